The molecule has 7 heteroatoms. The Bertz CT molecular complexity index is 1030. The molecule has 1 spiro atoms. The summed E-state index contributed by atoms with van der Waals surface area (Å²) in [6, 6.07) is 16.2. The molecule has 1 amide bonds. The average molecular weight is 502 g/mol. The third-order valence-corrected chi connectivity index (χ3v) is 8.43. The number of hydrogen-bond donors (Lipinski definition) is 0. The molecule has 3 aliphatic rings. The number of rotatable bonds is 2. The first-order valence-electron chi connectivity index (χ1n) is 12.0. The van der Waals surface area contributed by atoms with E-state index < -0.39 is 5.60 Å². The van der Waals surface area contributed by atoms with Crippen LogP contribution in [0, 0.1) is 11.3 Å². The van der Waals surface area contributed by atoms with Crippen LogP contribution in [0.4, 0.5) is 4.79 Å². The lowest BCUT2D eigenvalue weighted by Crippen LogP contribution is -2.51. The number of benzene rings is 2. The molecular formula is C27H32ClNO4S. The quantitative estimate of drug-likeness (QED) is 0.445. The van der Waals surface area contributed by atoms with Gasteiger partial charge in [-0.25, -0.2) is 4.79 Å². The van der Waals surface area contributed by atoms with E-state index in [1.54, 1.807) is 11.8 Å². The van der Waals surface area contributed by atoms with Gasteiger partial charge in [-0.05, 0) is 69.7 Å². The van der Waals surface area contributed by atoms with Crippen molar-refractivity contribution in [2.75, 3.05) is 19.7 Å². The summed E-state index contributed by atoms with van der Waals surface area (Å²) >= 11 is 8.03. The van der Waals surface area contributed by atoms with Gasteiger partial charge in [0.25, 0.3) is 0 Å². The lowest BCUT2D eigenvalue weighted by molar-refractivity contribution is -0.140. The van der Waals surface area contributed by atoms with E-state index in [1.165, 1.54) is 4.90 Å². The molecule has 3 heterocycles. The van der Waals surface area contributed by atoms with Crippen LogP contribution in [-0.2, 0) is 9.47 Å². The first kappa shape index (κ1) is 23.8. The number of hydrogen-bond acceptors (Lipinski definition) is 5. The van der Waals surface area contributed by atoms with Gasteiger partial charge in [0, 0.05) is 34.5 Å². The fourth-order valence-electron chi connectivity index (χ4n) is 5.26. The number of carbonyl (C=O) groups is 1. The molecule has 5 rings (SSSR count). The maximum absolute atomic E-state index is 12.6. The van der Waals surface area contributed by atoms with Gasteiger partial charge in [-0.1, -0.05) is 47.6 Å². The lowest BCUT2D eigenvalue weighted by atomic mass is 9.68. The van der Waals surface area contributed by atoms with E-state index in [1.807, 2.05) is 49.9 Å². The second kappa shape index (κ2) is 9.29. The van der Waals surface area contributed by atoms with E-state index in [0.717, 1.165) is 30.6 Å². The van der Waals surface area contributed by atoms with Crippen LogP contribution in [-0.4, -0.2) is 41.7 Å². The van der Waals surface area contributed by atoms with Gasteiger partial charge in [-0.2, -0.15) is 0 Å². The van der Waals surface area contributed by atoms with Crippen molar-refractivity contribution in [3.63, 3.8) is 0 Å². The first-order valence-corrected chi connectivity index (χ1v) is 13.2. The number of halogens is 1. The molecule has 182 valence electrons. The van der Waals surface area contributed by atoms with Crippen molar-refractivity contribution in [2.24, 2.45) is 11.3 Å². The maximum Gasteiger partial charge on any atom is 0.410 e. The highest BCUT2D eigenvalue weighted by atomic mass is 35.5. The Hall–Kier alpha value is -1.89. The molecule has 2 aromatic carbocycles. The van der Waals surface area contributed by atoms with Crippen LogP contribution in [0.2, 0.25) is 5.02 Å². The highest BCUT2D eigenvalue weighted by Crippen LogP contribution is 2.55. The van der Waals surface area contributed by atoms with E-state index in [2.05, 4.69) is 24.3 Å². The summed E-state index contributed by atoms with van der Waals surface area (Å²) in [6.45, 7) is 7.80. The lowest BCUT2D eigenvalue weighted by Gasteiger charge is -2.51. The summed E-state index contributed by atoms with van der Waals surface area (Å²) in [5, 5.41) is 0.669. The van der Waals surface area contributed by atoms with Crippen molar-refractivity contribution in [3.05, 3.63) is 59.1 Å². The highest BCUT2D eigenvalue weighted by Gasteiger charge is 2.50. The van der Waals surface area contributed by atoms with Crippen LogP contribution in [0.5, 0.6) is 5.75 Å². The van der Waals surface area contributed by atoms with Crippen LogP contribution in [0.15, 0.2) is 53.4 Å². The van der Waals surface area contributed by atoms with Gasteiger partial charge in [0.15, 0.2) is 5.44 Å². The average Bonchev–Trinajstić information content (AvgIpc) is 2.79. The van der Waals surface area contributed by atoms with Gasteiger partial charge < -0.3 is 19.1 Å². The van der Waals surface area contributed by atoms with Gasteiger partial charge in [0.1, 0.15) is 11.4 Å². The highest BCUT2D eigenvalue weighted by molar-refractivity contribution is 7.99. The molecule has 0 radical (unpaired) electrons. The number of piperidine rings is 1. The smallest absolute Gasteiger partial charge is 0.410 e. The summed E-state index contributed by atoms with van der Waals surface area (Å²) in [6.07, 6.45) is 2.59. The van der Waals surface area contributed by atoms with Crippen molar-refractivity contribution >= 4 is 29.5 Å². The molecule has 3 unspecified atom stereocenters. The monoisotopic (exact) mass is 501 g/mol. The molecule has 5 nitrogen and oxygen atoms in total. The zero-order chi connectivity index (χ0) is 23.9. The van der Waals surface area contributed by atoms with Gasteiger partial charge in [-0.3, -0.25) is 0 Å². The Kier molecular flexibility index (Phi) is 6.51. The number of fused-ring (bicyclic) bond motifs is 3. The molecule has 0 saturated carbocycles. The minimum atomic E-state index is -0.481. The van der Waals surface area contributed by atoms with Crippen LogP contribution in [0.25, 0.3) is 0 Å². The van der Waals surface area contributed by atoms with Gasteiger partial charge in [-0.15, -0.1) is 0 Å². The number of thioether (sulfide) groups is 1. The Balaban J connectivity index is 1.35. The number of ether oxygens (including phenoxy) is 3. The van der Waals surface area contributed by atoms with Crippen molar-refractivity contribution < 1.29 is 19.0 Å². The topological polar surface area (TPSA) is 48.0 Å². The second-order valence-corrected chi connectivity index (χ2v) is 12.3. The largest absolute Gasteiger partial charge is 0.479 e. The number of amides is 1. The molecule has 2 saturated heterocycles. The molecule has 34 heavy (non-hydrogen) atoms. The molecule has 2 aromatic rings. The van der Waals surface area contributed by atoms with Gasteiger partial charge in [0.2, 0.25) is 0 Å². The fourth-order valence-corrected chi connectivity index (χ4v) is 6.57. The summed E-state index contributed by atoms with van der Waals surface area (Å²) in [4.78, 5) is 15.6. The third kappa shape index (κ3) is 5.05. The van der Waals surface area contributed by atoms with Crippen LogP contribution in [0.1, 0.15) is 51.7 Å². The van der Waals surface area contributed by atoms with Crippen LogP contribution in [0.3, 0.4) is 0 Å². The van der Waals surface area contributed by atoms with Crippen LogP contribution < -0.4 is 4.74 Å². The van der Waals surface area contributed by atoms with Crippen molar-refractivity contribution in [2.45, 2.75) is 62.1 Å². The molecule has 0 N–H and O–H groups in total. The predicted molar refractivity (Wildman–Crippen MR) is 134 cm³/mol. The molecule has 0 bridgehead atoms. The van der Waals surface area contributed by atoms with Crippen molar-refractivity contribution in [1.29, 1.82) is 0 Å². The van der Waals surface area contributed by atoms with Gasteiger partial charge in [0.05, 0.1) is 12.7 Å². The minimum absolute atomic E-state index is 0.0169. The summed E-state index contributed by atoms with van der Waals surface area (Å²) < 4.78 is 18.8. The Morgan fingerprint density at radius 3 is 2.59 bits per heavy atom. The van der Waals surface area contributed by atoms with E-state index >= 15 is 0 Å². The van der Waals surface area contributed by atoms with Crippen molar-refractivity contribution in [3.8, 4) is 5.75 Å². The van der Waals surface area contributed by atoms with E-state index in [-0.39, 0.29) is 29.0 Å². The Labute approximate surface area is 211 Å². The normalized spacial score (nSPS) is 25.8. The van der Waals surface area contributed by atoms with Crippen molar-refractivity contribution in [1.82, 2.24) is 4.90 Å². The molecule has 0 aromatic heterocycles. The molecule has 0 aliphatic carbocycles. The standard InChI is InChI=1S/C27H32ClNO4S/c1-26(2,3)33-25(30)29-13-11-27(12-14-29)16-21-23(31-17-27)20-10-9-18(28)15-22(20)32-24(21)34-19-7-5-4-6-8-19/h4-10,15,21,23-24H,11-14,16-17H2,1-3H3. The Morgan fingerprint density at radius 2 is 1.88 bits per heavy atom. The van der Waals surface area contributed by atoms with E-state index in [0.29, 0.717) is 24.7 Å². The molecular weight excluding hydrogens is 470 g/mol. The molecule has 2 fully saturated rings. The minimum Gasteiger partial charge on any atom is -0.479 e. The molecule has 3 atom stereocenters. The third-order valence-electron chi connectivity index (χ3n) is 6.97. The SMILES string of the molecule is CC(C)(C)OC(=O)N1CCC2(CC1)COC1c3ccc(Cl)cc3OC(Sc3ccccc3)C1C2. The predicted octanol–water partition coefficient (Wildman–Crippen LogP) is 6.95. The number of carbonyl (C=O) groups excluding carboxylic acids is 1. The number of likely N-dealkylation sites (tertiary alicyclic amines) is 1. The zero-order valence-corrected chi connectivity index (χ0v) is 21.5. The first-order chi connectivity index (χ1) is 16.2. The summed E-state index contributed by atoms with van der Waals surface area (Å²) in [7, 11) is 0. The number of nitrogens with zero attached hydrogens (tertiary/aromatic N) is 1. The van der Waals surface area contributed by atoms with E-state index in [4.69, 9.17) is 25.8 Å². The summed E-state index contributed by atoms with van der Waals surface area (Å²) in [5.74, 6) is 1.03. The molecule has 3 aliphatic heterocycles. The van der Waals surface area contributed by atoms with E-state index in [9.17, 15) is 4.79 Å². The Morgan fingerprint density at radius 1 is 1.15 bits per heavy atom. The maximum atomic E-state index is 12.6. The zero-order valence-electron chi connectivity index (χ0n) is 20.0. The fraction of sp³-hybridized carbons (Fsp3) is 0.519. The van der Waals surface area contributed by atoms with Gasteiger partial charge >= 0.3 is 6.09 Å². The van der Waals surface area contributed by atoms with Crippen LogP contribution >= 0.6 is 23.4 Å². The second-order valence-electron chi connectivity index (χ2n) is 10.7. The summed E-state index contributed by atoms with van der Waals surface area (Å²) in [5.41, 5.74) is 0.577.